The van der Waals surface area contributed by atoms with Crippen molar-refractivity contribution in [2.75, 3.05) is 7.05 Å². The highest BCUT2D eigenvalue weighted by atomic mass is 16.5. The van der Waals surface area contributed by atoms with Gasteiger partial charge in [0.05, 0.1) is 0 Å². The van der Waals surface area contributed by atoms with Crippen molar-refractivity contribution in [1.29, 1.82) is 0 Å². The monoisotopic (exact) mass is 242 g/mol. The predicted molar refractivity (Wildman–Crippen MR) is 68.4 cm³/mol. The minimum Gasteiger partial charge on any atom is -0.473 e. The molecule has 2 rings (SSSR count). The van der Waals surface area contributed by atoms with Crippen molar-refractivity contribution in [2.24, 2.45) is 0 Å². The van der Waals surface area contributed by atoms with Crippen LogP contribution in [0.25, 0.3) is 0 Å². The highest BCUT2D eigenvalue weighted by Crippen LogP contribution is 2.09. The second kappa shape index (κ2) is 5.82. The summed E-state index contributed by atoms with van der Waals surface area (Å²) in [6.07, 6.45) is 1.68. The van der Waals surface area contributed by atoms with E-state index in [0.717, 1.165) is 5.56 Å². The molecule has 0 aliphatic carbocycles. The standard InChI is InChI=1S/C14H14N2O2/c1-15-14(17)12-7-5-11(6-8-12)10-18-13-4-2-3-9-16-13/h2-9H,10H2,1H3,(H,15,17). The summed E-state index contributed by atoms with van der Waals surface area (Å²) < 4.78 is 5.51. The molecule has 0 bridgehead atoms. The quantitative estimate of drug-likeness (QED) is 0.892. The van der Waals surface area contributed by atoms with Crippen LogP contribution in [0.4, 0.5) is 0 Å². The fourth-order valence-corrected chi connectivity index (χ4v) is 1.49. The van der Waals surface area contributed by atoms with Crippen LogP contribution in [0.15, 0.2) is 48.7 Å². The summed E-state index contributed by atoms with van der Waals surface area (Å²) in [7, 11) is 1.61. The van der Waals surface area contributed by atoms with Crippen LogP contribution < -0.4 is 10.1 Å². The molecule has 0 saturated carbocycles. The van der Waals surface area contributed by atoms with Crippen molar-refractivity contribution in [3.8, 4) is 5.88 Å². The minimum atomic E-state index is -0.0906. The number of benzene rings is 1. The number of amides is 1. The van der Waals surface area contributed by atoms with E-state index in [1.54, 1.807) is 31.4 Å². The molecular formula is C14H14N2O2. The number of pyridine rings is 1. The molecule has 18 heavy (non-hydrogen) atoms. The van der Waals surface area contributed by atoms with Gasteiger partial charge in [0.15, 0.2) is 0 Å². The van der Waals surface area contributed by atoms with E-state index in [4.69, 9.17) is 4.74 Å². The van der Waals surface area contributed by atoms with Crippen LogP contribution in [0.1, 0.15) is 15.9 Å². The van der Waals surface area contributed by atoms with E-state index in [9.17, 15) is 4.79 Å². The fourth-order valence-electron chi connectivity index (χ4n) is 1.49. The molecule has 1 aromatic heterocycles. The number of hydrogen-bond donors (Lipinski definition) is 1. The highest BCUT2D eigenvalue weighted by molar-refractivity contribution is 5.93. The van der Waals surface area contributed by atoms with Gasteiger partial charge in [0, 0.05) is 24.9 Å². The molecule has 0 saturated heterocycles. The van der Waals surface area contributed by atoms with Crippen LogP contribution >= 0.6 is 0 Å². The maximum absolute atomic E-state index is 11.4. The molecule has 4 heteroatoms. The number of nitrogens with zero attached hydrogens (tertiary/aromatic N) is 1. The molecule has 0 spiro atoms. The molecule has 0 fully saturated rings. The number of rotatable bonds is 4. The molecule has 0 atom stereocenters. The number of aromatic nitrogens is 1. The maximum atomic E-state index is 11.4. The zero-order valence-electron chi connectivity index (χ0n) is 10.1. The summed E-state index contributed by atoms with van der Waals surface area (Å²) in [5.41, 5.74) is 1.63. The van der Waals surface area contributed by atoms with E-state index in [2.05, 4.69) is 10.3 Å². The largest absolute Gasteiger partial charge is 0.473 e. The van der Waals surface area contributed by atoms with Crippen LogP contribution in [-0.2, 0) is 6.61 Å². The number of ether oxygens (including phenoxy) is 1. The Morgan fingerprint density at radius 1 is 1.22 bits per heavy atom. The van der Waals surface area contributed by atoms with Crippen LogP contribution in [0.2, 0.25) is 0 Å². The first-order valence-corrected chi connectivity index (χ1v) is 5.64. The Hall–Kier alpha value is -2.36. The third-order valence-electron chi connectivity index (χ3n) is 2.47. The lowest BCUT2D eigenvalue weighted by Gasteiger charge is -2.05. The van der Waals surface area contributed by atoms with Gasteiger partial charge in [-0.05, 0) is 23.8 Å². The summed E-state index contributed by atoms with van der Waals surface area (Å²) in [6.45, 7) is 0.436. The topological polar surface area (TPSA) is 51.2 Å². The molecule has 1 heterocycles. The van der Waals surface area contributed by atoms with Crippen molar-refractivity contribution in [3.63, 3.8) is 0 Å². The highest BCUT2D eigenvalue weighted by Gasteiger charge is 2.02. The zero-order chi connectivity index (χ0) is 12.8. The van der Waals surface area contributed by atoms with Crippen molar-refractivity contribution in [2.45, 2.75) is 6.61 Å². The van der Waals surface area contributed by atoms with Gasteiger partial charge in [-0.1, -0.05) is 18.2 Å². The first kappa shape index (κ1) is 12.1. The van der Waals surface area contributed by atoms with Crippen LogP contribution in [0.3, 0.4) is 0 Å². The lowest BCUT2D eigenvalue weighted by molar-refractivity contribution is 0.0963. The van der Waals surface area contributed by atoms with Gasteiger partial charge < -0.3 is 10.1 Å². The number of hydrogen-bond acceptors (Lipinski definition) is 3. The number of carbonyl (C=O) groups excluding carboxylic acids is 1. The van der Waals surface area contributed by atoms with Crippen molar-refractivity contribution in [1.82, 2.24) is 10.3 Å². The summed E-state index contributed by atoms with van der Waals surface area (Å²) in [4.78, 5) is 15.4. The molecule has 0 unspecified atom stereocenters. The van der Waals surface area contributed by atoms with E-state index >= 15 is 0 Å². The lowest BCUT2D eigenvalue weighted by Crippen LogP contribution is -2.17. The Labute approximate surface area is 106 Å². The number of nitrogens with one attached hydrogen (secondary N) is 1. The Bertz CT molecular complexity index is 509. The first-order valence-electron chi connectivity index (χ1n) is 5.64. The Morgan fingerprint density at radius 3 is 2.61 bits per heavy atom. The average molecular weight is 242 g/mol. The predicted octanol–water partition coefficient (Wildman–Crippen LogP) is 2.02. The fraction of sp³-hybridized carbons (Fsp3) is 0.143. The van der Waals surface area contributed by atoms with Gasteiger partial charge in [-0.3, -0.25) is 4.79 Å². The molecule has 2 aromatic rings. The second-order valence-electron chi connectivity index (χ2n) is 3.73. The average Bonchev–Trinajstić information content (AvgIpc) is 2.46. The third-order valence-corrected chi connectivity index (χ3v) is 2.47. The van der Waals surface area contributed by atoms with Crippen LogP contribution in [0, 0.1) is 0 Å². The van der Waals surface area contributed by atoms with E-state index in [0.29, 0.717) is 18.1 Å². The van der Waals surface area contributed by atoms with Gasteiger partial charge in [0.2, 0.25) is 5.88 Å². The molecule has 92 valence electrons. The SMILES string of the molecule is CNC(=O)c1ccc(COc2ccccn2)cc1. The van der Waals surface area contributed by atoms with E-state index in [-0.39, 0.29) is 5.91 Å². The third kappa shape index (κ3) is 3.07. The normalized spacial score (nSPS) is 9.83. The van der Waals surface area contributed by atoms with E-state index in [1.807, 2.05) is 24.3 Å². The van der Waals surface area contributed by atoms with Crippen molar-refractivity contribution < 1.29 is 9.53 Å². The lowest BCUT2D eigenvalue weighted by atomic mass is 10.1. The Morgan fingerprint density at radius 2 is 2.00 bits per heavy atom. The van der Waals surface area contributed by atoms with Crippen molar-refractivity contribution >= 4 is 5.91 Å². The molecule has 1 aromatic carbocycles. The van der Waals surface area contributed by atoms with Gasteiger partial charge >= 0.3 is 0 Å². The van der Waals surface area contributed by atoms with E-state index in [1.165, 1.54) is 0 Å². The Balaban J connectivity index is 1.97. The molecule has 1 amide bonds. The van der Waals surface area contributed by atoms with Gasteiger partial charge in [0.25, 0.3) is 5.91 Å². The number of carbonyl (C=O) groups is 1. The molecule has 0 radical (unpaired) electrons. The summed E-state index contributed by atoms with van der Waals surface area (Å²) in [5.74, 6) is 0.500. The van der Waals surface area contributed by atoms with Gasteiger partial charge in [-0.25, -0.2) is 4.98 Å². The summed E-state index contributed by atoms with van der Waals surface area (Å²) in [6, 6.07) is 12.8. The maximum Gasteiger partial charge on any atom is 0.251 e. The minimum absolute atomic E-state index is 0.0906. The molecule has 0 aliphatic rings. The smallest absolute Gasteiger partial charge is 0.251 e. The summed E-state index contributed by atoms with van der Waals surface area (Å²) >= 11 is 0. The molecular weight excluding hydrogens is 228 g/mol. The van der Waals surface area contributed by atoms with E-state index < -0.39 is 0 Å². The molecule has 0 aliphatic heterocycles. The second-order valence-corrected chi connectivity index (χ2v) is 3.73. The van der Waals surface area contributed by atoms with Gasteiger partial charge in [-0.2, -0.15) is 0 Å². The van der Waals surface area contributed by atoms with Crippen LogP contribution in [-0.4, -0.2) is 17.9 Å². The van der Waals surface area contributed by atoms with Gasteiger partial charge in [-0.15, -0.1) is 0 Å². The zero-order valence-corrected chi connectivity index (χ0v) is 10.1. The van der Waals surface area contributed by atoms with Gasteiger partial charge in [0.1, 0.15) is 6.61 Å². The van der Waals surface area contributed by atoms with Crippen LogP contribution in [0.5, 0.6) is 5.88 Å². The molecule has 4 nitrogen and oxygen atoms in total. The molecule has 1 N–H and O–H groups in total. The summed E-state index contributed by atoms with van der Waals surface area (Å²) in [5, 5.41) is 2.58. The Kier molecular flexibility index (Phi) is 3.91. The van der Waals surface area contributed by atoms with Crippen molar-refractivity contribution in [3.05, 3.63) is 59.8 Å². The first-order chi connectivity index (χ1) is 8.79.